The molecule has 0 saturated heterocycles. The standard InChI is InChI=1S/C5H10O10P2.4Na.4H/c6-3(7)1-2(4(8)9)5(16(10,11)12)17(13,14)15;;;;;;;;/h2,5H,1H2,(H,6,7)(H,8,9)(H2,10,11,12)(H2,13,14,15);;;;;;;;. The molecule has 0 fully saturated rings. The van der Waals surface area contributed by atoms with E-state index in [-0.39, 0.29) is 118 Å². The molecule has 0 aliphatic rings. The number of aliphatic carboxylic acids is 2. The molecule has 0 rings (SSSR count). The molecule has 1 unspecified atom stereocenters. The van der Waals surface area contributed by atoms with Gasteiger partial charge in [0.15, 0.2) is 5.40 Å². The van der Waals surface area contributed by atoms with Crippen LogP contribution in [0.25, 0.3) is 0 Å². The van der Waals surface area contributed by atoms with E-state index in [0.29, 0.717) is 0 Å². The Kier molecular flexibility index (Phi) is 24.3. The van der Waals surface area contributed by atoms with E-state index in [1.165, 1.54) is 0 Å². The van der Waals surface area contributed by atoms with Crippen LogP contribution in [0.4, 0.5) is 0 Å². The molecule has 0 bridgehead atoms. The average Bonchev–Trinajstić information content (AvgIpc) is 1.95. The van der Waals surface area contributed by atoms with Crippen LogP contribution in [0.15, 0.2) is 0 Å². The summed E-state index contributed by atoms with van der Waals surface area (Å²) in [6, 6.07) is 0. The van der Waals surface area contributed by atoms with Crippen molar-refractivity contribution in [1.29, 1.82) is 0 Å². The van der Waals surface area contributed by atoms with Crippen LogP contribution >= 0.6 is 15.2 Å². The third-order valence-electron chi connectivity index (χ3n) is 1.76. The molecule has 1 atom stereocenters. The fraction of sp³-hybridized carbons (Fsp3) is 0.600. The molecule has 0 spiro atoms. The van der Waals surface area contributed by atoms with Crippen molar-refractivity contribution in [2.75, 3.05) is 0 Å². The van der Waals surface area contributed by atoms with Gasteiger partial charge in [-0.2, -0.15) is 0 Å². The van der Waals surface area contributed by atoms with E-state index in [4.69, 9.17) is 29.8 Å². The third kappa shape index (κ3) is 14.1. The first-order chi connectivity index (χ1) is 7.37. The second-order valence-corrected chi connectivity index (χ2v) is 7.01. The van der Waals surface area contributed by atoms with Crippen LogP contribution in [0.2, 0.25) is 0 Å². The Labute approximate surface area is 208 Å². The Morgan fingerprint density at radius 2 is 1.10 bits per heavy atom. The van der Waals surface area contributed by atoms with Gasteiger partial charge in [-0.1, -0.05) is 0 Å². The molecule has 0 aliphatic heterocycles. The molecule has 0 amide bonds. The predicted octanol–water partition coefficient (Wildman–Crippen LogP) is -3.75. The van der Waals surface area contributed by atoms with Crippen LogP contribution in [0, 0.1) is 5.92 Å². The molecule has 0 heterocycles. The first-order valence-electron chi connectivity index (χ1n) is 3.92. The molecule has 0 radical (unpaired) electrons. The van der Waals surface area contributed by atoms with Gasteiger partial charge < -0.3 is 29.8 Å². The van der Waals surface area contributed by atoms with Gasteiger partial charge in [-0.05, 0) is 0 Å². The van der Waals surface area contributed by atoms with Gasteiger partial charge in [0.1, 0.15) is 0 Å². The van der Waals surface area contributed by atoms with Crippen LogP contribution < -0.4 is 0 Å². The molecule has 0 saturated carbocycles. The van der Waals surface area contributed by atoms with E-state index in [1.807, 2.05) is 0 Å². The summed E-state index contributed by atoms with van der Waals surface area (Å²) in [5.41, 5.74) is 0. The molecular weight excluding hydrogens is 374 g/mol. The number of rotatable bonds is 6. The Morgan fingerprint density at radius 1 is 0.810 bits per heavy atom. The van der Waals surface area contributed by atoms with Crippen LogP contribution in [0.3, 0.4) is 0 Å². The maximum absolute atomic E-state index is 10.9. The van der Waals surface area contributed by atoms with Gasteiger partial charge in [-0.15, -0.1) is 0 Å². The van der Waals surface area contributed by atoms with E-state index in [2.05, 4.69) is 0 Å². The van der Waals surface area contributed by atoms with E-state index in [9.17, 15) is 18.7 Å². The summed E-state index contributed by atoms with van der Waals surface area (Å²) >= 11 is 0. The zero-order chi connectivity index (χ0) is 14.0. The minimum absolute atomic E-state index is 0. The molecule has 0 aromatic heterocycles. The van der Waals surface area contributed by atoms with E-state index in [0.717, 1.165) is 0 Å². The van der Waals surface area contributed by atoms with Crippen LogP contribution in [-0.2, 0) is 18.7 Å². The Hall–Kier alpha value is 3.24. The maximum atomic E-state index is 10.9. The van der Waals surface area contributed by atoms with Crippen LogP contribution in [0.1, 0.15) is 6.42 Å². The number of hydrogen-bond donors (Lipinski definition) is 6. The van der Waals surface area contributed by atoms with Gasteiger partial charge >= 0.3 is 145 Å². The quantitative estimate of drug-likeness (QED) is 0.195. The molecule has 108 valence electrons. The first-order valence-corrected chi connectivity index (χ1v) is 7.28. The Morgan fingerprint density at radius 3 is 1.24 bits per heavy atom. The van der Waals surface area contributed by atoms with Gasteiger partial charge in [-0.3, -0.25) is 18.7 Å². The van der Waals surface area contributed by atoms with Gasteiger partial charge in [0.25, 0.3) is 0 Å². The zero-order valence-electron chi connectivity index (χ0n) is 8.07. The van der Waals surface area contributed by atoms with Crippen molar-refractivity contribution in [3.8, 4) is 0 Å². The van der Waals surface area contributed by atoms with Gasteiger partial charge in [0.05, 0.1) is 12.3 Å². The second kappa shape index (κ2) is 14.4. The number of carboxylic acid groups (broad SMARTS) is 2. The fourth-order valence-electron chi connectivity index (χ4n) is 1.17. The summed E-state index contributed by atoms with van der Waals surface area (Å²) in [6.45, 7) is 0. The van der Waals surface area contributed by atoms with Crippen molar-refractivity contribution < 1.29 is 48.5 Å². The number of carbonyl (C=O) groups is 2. The van der Waals surface area contributed by atoms with Crippen molar-refractivity contribution in [3.05, 3.63) is 0 Å². The minimum atomic E-state index is -5.47. The average molecular weight is 388 g/mol. The summed E-state index contributed by atoms with van der Waals surface area (Å²) in [7, 11) is -10.9. The molecule has 6 N–H and O–H groups in total. The van der Waals surface area contributed by atoms with E-state index < -0.39 is 44.9 Å². The van der Waals surface area contributed by atoms with Crippen molar-refractivity contribution in [3.63, 3.8) is 0 Å². The summed E-state index contributed by atoms with van der Waals surface area (Å²) in [5.74, 6) is -6.14. The molecule has 0 aromatic rings. The third-order valence-corrected chi connectivity index (χ3v) is 5.66. The molecule has 21 heavy (non-hydrogen) atoms. The molecule has 0 aliphatic carbocycles. The number of hydrogen-bond acceptors (Lipinski definition) is 4. The number of carboxylic acids is 2. The fourth-order valence-corrected chi connectivity index (χ4v) is 4.14. The topological polar surface area (TPSA) is 190 Å². The van der Waals surface area contributed by atoms with Gasteiger partial charge in [-0.25, -0.2) is 0 Å². The molecule has 0 aromatic carbocycles. The monoisotopic (exact) mass is 388 g/mol. The summed E-state index contributed by atoms with van der Waals surface area (Å²) in [5, 5.41) is 14.0. The van der Waals surface area contributed by atoms with Crippen molar-refractivity contribution >= 4 is 145 Å². The normalized spacial score (nSPS) is 11.9. The van der Waals surface area contributed by atoms with E-state index >= 15 is 0 Å². The summed E-state index contributed by atoms with van der Waals surface area (Å²) in [6.07, 6.45) is -1.31. The van der Waals surface area contributed by atoms with Crippen LogP contribution in [-0.4, -0.2) is 165 Å². The van der Waals surface area contributed by atoms with Gasteiger partial charge in [0, 0.05) is 0 Å². The summed E-state index contributed by atoms with van der Waals surface area (Å²) in [4.78, 5) is 55.8. The molecular formula is C5H14Na4O10P2. The van der Waals surface area contributed by atoms with Gasteiger partial charge in [0.2, 0.25) is 0 Å². The Bertz CT molecular complexity index is 396. The molecule has 10 nitrogen and oxygen atoms in total. The van der Waals surface area contributed by atoms with Crippen molar-refractivity contribution in [2.24, 2.45) is 5.92 Å². The van der Waals surface area contributed by atoms with Crippen LogP contribution in [0.5, 0.6) is 0 Å². The van der Waals surface area contributed by atoms with Crippen molar-refractivity contribution in [2.45, 2.75) is 11.8 Å². The zero-order valence-corrected chi connectivity index (χ0v) is 9.86. The Balaban J connectivity index is -0.000000213. The predicted molar refractivity (Wildman–Crippen MR) is 79.9 cm³/mol. The summed E-state index contributed by atoms with van der Waals surface area (Å²) < 4.78 is 21.7. The van der Waals surface area contributed by atoms with E-state index in [1.54, 1.807) is 0 Å². The van der Waals surface area contributed by atoms with Crippen molar-refractivity contribution in [1.82, 2.24) is 0 Å². The first kappa shape index (κ1) is 35.4. The SMILES string of the molecule is O=C(O)CC(C(=O)O)C(P(=O)(O)O)P(=O)(O)O.[NaH].[NaH].[NaH].[NaH]. The second-order valence-electron chi connectivity index (χ2n) is 3.13. The molecule has 16 heteroatoms.